The summed E-state index contributed by atoms with van der Waals surface area (Å²) >= 11 is 0. The first-order valence-corrected chi connectivity index (χ1v) is 4.42. The molecule has 0 aromatic heterocycles. The maximum Gasteiger partial charge on any atom is 0.119 e. The maximum atomic E-state index is 8.58. The molecule has 1 aromatic carbocycles. The van der Waals surface area contributed by atoms with Crippen LogP contribution in [0.1, 0.15) is 12.5 Å². The van der Waals surface area contributed by atoms with E-state index in [1.807, 2.05) is 6.92 Å². The van der Waals surface area contributed by atoms with Gasteiger partial charge in [-0.15, -0.1) is 0 Å². The fourth-order valence-corrected chi connectivity index (χ4v) is 1.11. The summed E-state index contributed by atoms with van der Waals surface area (Å²) in [6.45, 7) is 2.49. The van der Waals surface area contributed by atoms with Crippen molar-refractivity contribution in [3.05, 3.63) is 29.8 Å². The molecule has 14 heavy (non-hydrogen) atoms. The Kier molecular flexibility index (Phi) is 3.96. The summed E-state index contributed by atoms with van der Waals surface area (Å²) in [7, 11) is 1.64. The van der Waals surface area contributed by atoms with Crippen molar-refractivity contribution in [1.82, 2.24) is 0 Å². The van der Waals surface area contributed by atoms with Crippen molar-refractivity contribution >= 4 is 0 Å². The van der Waals surface area contributed by atoms with Gasteiger partial charge < -0.3 is 9.47 Å². The normalized spacial score (nSPS) is 11.8. The second-order valence-corrected chi connectivity index (χ2v) is 3.02. The van der Waals surface area contributed by atoms with Crippen LogP contribution >= 0.6 is 0 Å². The van der Waals surface area contributed by atoms with E-state index in [1.54, 1.807) is 31.4 Å². The van der Waals surface area contributed by atoms with Gasteiger partial charge in [0.25, 0.3) is 0 Å². The first-order chi connectivity index (χ1) is 6.76. The zero-order valence-corrected chi connectivity index (χ0v) is 8.36. The van der Waals surface area contributed by atoms with Crippen LogP contribution in [0.2, 0.25) is 0 Å². The van der Waals surface area contributed by atoms with E-state index in [0.717, 1.165) is 5.75 Å². The average molecular weight is 191 g/mol. The van der Waals surface area contributed by atoms with Crippen molar-refractivity contribution in [3.8, 4) is 11.8 Å². The summed E-state index contributed by atoms with van der Waals surface area (Å²) in [5.41, 5.74) is 0.636. The van der Waals surface area contributed by atoms with Gasteiger partial charge >= 0.3 is 0 Å². The van der Waals surface area contributed by atoms with E-state index >= 15 is 0 Å². The summed E-state index contributed by atoms with van der Waals surface area (Å²) in [5.74, 6) is 0.758. The fraction of sp³-hybridized carbons (Fsp3) is 0.364. The number of rotatable bonds is 4. The second-order valence-electron chi connectivity index (χ2n) is 3.02. The summed E-state index contributed by atoms with van der Waals surface area (Å²) in [4.78, 5) is 0. The fourth-order valence-electron chi connectivity index (χ4n) is 1.11. The van der Waals surface area contributed by atoms with Gasteiger partial charge in [0, 0.05) is 7.11 Å². The van der Waals surface area contributed by atoms with Gasteiger partial charge in [0.15, 0.2) is 0 Å². The van der Waals surface area contributed by atoms with E-state index in [-0.39, 0.29) is 6.10 Å². The largest absolute Gasteiger partial charge is 0.488 e. The lowest BCUT2D eigenvalue weighted by atomic mass is 10.2. The van der Waals surface area contributed by atoms with Crippen LogP contribution < -0.4 is 4.74 Å². The van der Waals surface area contributed by atoms with Crippen LogP contribution in [0.5, 0.6) is 5.75 Å². The van der Waals surface area contributed by atoms with Gasteiger partial charge in [0.2, 0.25) is 0 Å². The molecule has 0 heterocycles. The molecular weight excluding hydrogens is 178 g/mol. The first-order valence-electron chi connectivity index (χ1n) is 4.42. The number of ether oxygens (including phenoxy) is 2. The molecule has 0 amide bonds. The van der Waals surface area contributed by atoms with Crippen LogP contribution in [0.3, 0.4) is 0 Å². The van der Waals surface area contributed by atoms with Gasteiger partial charge in [-0.25, -0.2) is 0 Å². The number of nitrogens with zero attached hydrogens (tertiary/aromatic N) is 1. The summed E-state index contributed by atoms with van der Waals surface area (Å²) in [5, 5.41) is 8.58. The molecule has 1 atom stereocenters. The minimum absolute atomic E-state index is 0.0212. The van der Waals surface area contributed by atoms with Crippen LogP contribution in [-0.2, 0) is 4.74 Å². The molecule has 3 nitrogen and oxygen atoms in total. The van der Waals surface area contributed by atoms with Crippen molar-refractivity contribution in [2.24, 2.45) is 0 Å². The molecular formula is C11H13NO2. The highest BCUT2D eigenvalue weighted by Crippen LogP contribution is 2.13. The Morgan fingerprint density at radius 2 is 2.00 bits per heavy atom. The molecule has 0 spiro atoms. The molecule has 0 aliphatic carbocycles. The minimum Gasteiger partial charge on any atom is -0.488 e. The minimum atomic E-state index is 0.0212. The smallest absolute Gasteiger partial charge is 0.119 e. The average Bonchev–Trinajstić information content (AvgIpc) is 2.19. The third-order valence-corrected chi connectivity index (χ3v) is 1.72. The zero-order valence-electron chi connectivity index (χ0n) is 8.36. The summed E-state index contributed by atoms with van der Waals surface area (Å²) in [6, 6.07) is 9.08. The Balaban J connectivity index is 2.56. The number of benzene rings is 1. The van der Waals surface area contributed by atoms with Crippen LogP contribution in [-0.4, -0.2) is 19.8 Å². The highest BCUT2D eigenvalue weighted by atomic mass is 16.5. The molecule has 0 radical (unpaired) electrons. The highest BCUT2D eigenvalue weighted by Gasteiger charge is 2.02. The molecule has 3 heteroatoms. The second kappa shape index (κ2) is 5.25. The van der Waals surface area contributed by atoms with Crippen molar-refractivity contribution in [2.45, 2.75) is 13.0 Å². The molecule has 1 aromatic rings. The third kappa shape index (κ3) is 3.08. The molecule has 0 bridgehead atoms. The van der Waals surface area contributed by atoms with E-state index in [1.165, 1.54) is 0 Å². The van der Waals surface area contributed by atoms with Crippen LogP contribution in [0.4, 0.5) is 0 Å². The molecule has 0 aliphatic heterocycles. The lowest BCUT2D eigenvalue weighted by Gasteiger charge is -2.13. The summed E-state index contributed by atoms with van der Waals surface area (Å²) < 4.78 is 10.5. The monoisotopic (exact) mass is 191 g/mol. The summed E-state index contributed by atoms with van der Waals surface area (Å²) in [6.07, 6.45) is 0.0212. The Hall–Kier alpha value is -1.53. The SMILES string of the molecule is COCC(C)Oc1ccc(C#N)cc1. The van der Waals surface area contributed by atoms with E-state index in [0.29, 0.717) is 12.2 Å². The number of hydrogen-bond acceptors (Lipinski definition) is 3. The van der Waals surface area contributed by atoms with Crippen molar-refractivity contribution < 1.29 is 9.47 Å². The predicted molar refractivity (Wildman–Crippen MR) is 53.1 cm³/mol. The lowest BCUT2D eigenvalue weighted by Crippen LogP contribution is -2.17. The molecule has 0 saturated carbocycles. The van der Waals surface area contributed by atoms with Gasteiger partial charge in [-0.05, 0) is 31.2 Å². The first kappa shape index (κ1) is 10.6. The molecule has 0 aliphatic rings. The van der Waals surface area contributed by atoms with Crippen molar-refractivity contribution in [3.63, 3.8) is 0 Å². The Morgan fingerprint density at radius 3 is 2.50 bits per heavy atom. The third-order valence-electron chi connectivity index (χ3n) is 1.72. The number of methoxy groups -OCH3 is 1. The standard InChI is InChI=1S/C11H13NO2/c1-9(8-13-2)14-11-5-3-10(7-12)4-6-11/h3-6,9H,8H2,1-2H3. The Bertz CT molecular complexity index is 313. The zero-order chi connectivity index (χ0) is 10.4. The van der Waals surface area contributed by atoms with E-state index in [4.69, 9.17) is 14.7 Å². The van der Waals surface area contributed by atoms with Gasteiger partial charge in [-0.1, -0.05) is 0 Å². The molecule has 1 rings (SSSR count). The maximum absolute atomic E-state index is 8.58. The molecule has 74 valence electrons. The van der Waals surface area contributed by atoms with E-state index in [9.17, 15) is 0 Å². The van der Waals surface area contributed by atoms with E-state index in [2.05, 4.69) is 6.07 Å². The highest BCUT2D eigenvalue weighted by molar-refractivity contribution is 5.34. The predicted octanol–water partition coefficient (Wildman–Crippen LogP) is 1.97. The van der Waals surface area contributed by atoms with Gasteiger partial charge in [0.05, 0.1) is 18.2 Å². The van der Waals surface area contributed by atoms with Crippen LogP contribution in [0.15, 0.2) is 24.3 Å². The molecule has 0 fully saturated rings. The molecule has 0 saturated heterocycles. The quantitative estimate of drug-likeness (QED) is 0.730. The van der Waals surface area contributed by atoms with Crippen LogP contribution in [0.25, 0.3) is 0 Å². The Labute approximate surface area is 83.9 Å². The lowest BCUT2D eigenvalue weighted by molar-refractivity contribution is 0.0921. The molecule has 0 N–H and O–H groups in total. The number of nitriles is 1. The topological polar surface area (TPSA) is 42.2 Å². The van der Waals surface area contributed by atoms with Crippen LogP contribution in [0, 0.1) is 11.3 Å². The number of hydrogen-bond donors (Lipinski definition) is 0. The van der Waals surface area contributed by atoms with E-state index < -0.39 is 0 Å². The van der Waals surface area contributed by atoms with Gasteiger partial charge in [0.1, 0.15) is 11.9 Å². The van der Waals surface area contributed by atoms with Gasteiger partial charge in [-0.2, -0.15) is 5.26 Å². The molecule has 1 unspecified atom stereocenters. The van der Waals surface area contributed by atoms with Crippen molar-refractivity contribution in [1.29, 1.82) is 5.26 Å². The van der Waals surface area contributed by atoms with Gasteiger partial charge in [-0.3, -0.25) is 0 Å². The Morgan fingerprint density at radius 1 is 1.36 bits per heavy atom. The van der Waals surface area contributed by atoms with Crippen molar-refractivity contribution in [2.75, 3.05) is 13.7 Å².